The Morgan fingerprint density at radius 1 is 1.10 bits per heavy atom. The number of fused-ring (bicyclic) bond motifs is 3. The molecular weight excluding hydrogens is 366 g/mol. The van der Waals surface area contributed by atoms with Gasteiger partial charge < -0.3 is 0 Å². The number of hydrogen-bond donors (Lipinski definition) is 0. The zero-order chi connectivity index (χ0) is 21.2. The Morgan fingerprint density at radius 2 is 1.79 bits per heavy atom. The minimum atomic E-state index is -0.390. The smallest absolute Gasteiger partial charge is 0.282 e. The first-order valence-electron chi connectivity index (χ1n) is 9.56. The molecule has 0 saturated carbocycles. The van der Waals surface area contributed by atoms with Gasteiger partial charge in [-0.15, -0.1) is 0 Å². The number of hydrogen-bond acceptors (Lipinski definition) is 3. The van der Waals surface area contributed by atoms with Crippen molar-refractivity contribution in [2.24, 2.45) is 7.05 Å². The molecule has 150 valence electrons. The molecule has 0 atom stereocenters. The van der Waals surface area contributed by atoms with Crippen molar-refractivity contribution in [3.63, 3.8) is 0 Å². The molecule has 29 heavy (non-hydrogen) atoms. The van der Waals surface area contributed by atoms with Crippen LogP contribution in [-0.2, 0) is 13.6 Å². The lowest BCUT2D eigenvalue weighted by Crippen LogP contribution is -2.39. The van der Waals surface area contributed by atoms with Crippen LogP contribution in [0.5, 0.6) is 0 Å². The molecule has 0 bridgehead atoms. The number of rotatable bonds is 3. The molecule has 3 heterocycles. The number of benzene rings is 1. The molecule has 1 aromatic carbocycles. The molecule has 0 aliphatic rings. The summed E-state index contributed by atoms with van der Waals surface area (Å²) >= 11 is 0. The lowest BCUT2D eigenvalue weighted by Gasteiger charge is -2.12. The van der Waals surface area contributed by atoms with E-state index < -0.39 is 0 Å². The summed E-state index contributed by atoms with van der Waals surface area (Å²) in [5.41, 5.74) is 6.06. The predicted octanol–water partition coefficient (Wildman–Crippen LogP) is 2.95. The third-order valence-corrected chi connectivity index (χ3v) is 5.76. The minimum Gasteiger partial charge on any atom is -0.282 e. The molecule has 3 aromatic heterocycles. The average molecular weight is 391 g/mol. The zero-order valence-electron chi connectivity index (χ0n) is 17.7. The third-order valence-electron chi connectivity index (χ3n) is 5.76. The maximum Gasteiger partial charge on any atom is 0.332 e. The number of nitrogens with zero attached hydrogens (tertiary/aromatic N) is 5. The Bertz CT molecular complexity index is 1440. The normalized spacial score (nSPS) is 11.7. The van der Waals surface area contributed by atoms with E-state index in [0.717, 1.165) is 28.2 Å². The van der Waals surface area contributed by atoms with Crippen LogP contribution in [0.25, 0.3) is 22.6 Å². The number of aryl methyl sites for hydroxylation is 3. The summed E-state index contributed by atoms with van der Waals surface area (Å²) in [7, 11) is 1.65. The molecule has 0 saturated heterocycles. The molecule has 0 fully saturated rings. The minimum absolute atomic E-state index is 0.185. The van der Waals surface area contributed by atoms with Crippen molar-refractivity contribution >= 4 is 16.9 Å². The topological polar surface area (TPSA) is 66.2 Å². The second kappa shape index (κ2) is 6.34. The van der Waals surface area contributed by atoms with Gasteiger partial charge in [0.25, 0.3) is 5.56 Å². The van der Waals surface area contributed by atoms with Gasteiger partial charge in [0.1, 0.15) is 0 Å². The van der Waals surface area contributed by atoms with Gasteiger partial charge in [0.15, 0.2) is 11.2 Å². The van der Waals surface area contributed by atoms with Gasteiger partial charge in [-0.1, -0.05) is 24.3 Å². The fourth-order valence-corrected chi connectivity index (χ4v) is 3.93. The highest BCUT2D eigenvalue weighted by molar-refractivity contribution is 5.77. The summed E-state index contributed by atoms with van der Waals surface area (Å²) in [5, 5.41) is 0. The summed E-state index contributed by atoms with van der Waals surface area (Å²) in [6.07, 6.45) is 0. The molecule has 0 aliphatic heterocycles. The Morgan fingerprint density at radius 3 is 2.45 bits per heavy atom. The van der Waals surface area contributed by atoms with E-state index in [9.17, 15) is 9.59 Å². The largest absolute Gasteiger partial charge is 0.332 e. The van der Waals surface area contributed by atoms with Crippen molar-refractivity contribution in [3.8, 4) is 5.69 Å². The lowest BCUT2D eigenvalue weighted by molar-refractivity contribution is 0.651. The van der Waals surface area contributed by atoms with E-state index in [1.807, 2.05) is 30.4 Å². The highest BCUT2D eigenvalue weighted by Gasteiger charge is 2.23. The van der Waals surface area contributed by atoms with Gasteiger partial charge in [-0.3, -0.25) is 22.9 Å². The van der Waals surface area contributed by atoms with Crippen molar-refractivity contribution in [2.75, 3.05) is 0 Å². The van der Waals surface area contributed by atoms with Gasteiger partial charge in [0.05, 0.1) is 12.2 Å². The molecule has 0 radical (unpaired) electrons. The Labute approximate surface area is 168 Å². The Hall–Kier alpha value is -3.35. The zero-order valence-corrected chi connectivity index (χ0v) is 17.7. The van der Waals surface area contributed by atoms with Crippen LogP contribution in [0.3, 0.4) is 0 Å². The van der Waals surface area contributed by atoms with E-state index in [4.69, 9.17) is 4.98 Å². The standard InChI is InChI=1S/C22H25N5O2/c1-12(2)11-25-20(28)18-19(24(7)22(25)29)23-21-26(15(5)16(6)27(18)21)17-10-8-9-13(3)14(17)4/h8-10H,1,11H2,2-7H3. The van der Waals surface area contributed by atoms with Crippen LogP contribution in [0, 0.1) is 27.7 Å². The molecule has 0 spiro atoms. The molecule has 7 nitrogen and oxygen atoms in total. The van der Waals surface area contributed by atoms with Crippen LogP contribution in [-0.4, -0.2) is 23.1 Å². The van der Waals surface area contributed by atoms with E-state index in [2.05, 4.69) is 31.1 Å². The Balaban J connectivity index is 2.22. The summed E-state index contributed by atoms with van der Waals surface area (Å²) in [6, 6.07) is 6.14. The number of allylic oxidation sites excluding steroid dienone is 1. The quantitative estimate of drug-likeness (QED) is 0.504. The molecular formula is C22H25N5O2. The van der Waals surface area contributed by atoms with Gasteiger partial charge >= 0.3 is 5.69 Å². The summed E-state index contributed by atoms with van der Waals surface area (Å²) in [6.45, 7) is 14.0. The molecule has 0 N–H and O–H groups in total. The van der Waals surface area contributed by atoms with Crippen molar-refractivity contribution in [1.82, 2.24) is 23.1 Å². The number of aromatic nitrogens is 5. The fraction of sp³-hybridized carbons (Fsp3) is 0.318. The first kappa shape index (κ1) is 19.0. The molecule has 0 aliphatic carbocycles. The van der Waals surface area contributed by atoms with Crippen molar-refractivity contribution in [1.29, 1.82) is 0 Å². The van der Waals surface area contributed by atoms with Crippen LogP contribution in [0.1, 0.15) is 29.4 Å². The molecule has 4 rings (SSSR count). The highest BCUT2D eigenvalue weighted by Crippen LogP contribution is 2.27. The van der Waals surface area contributed by atoms with Crippen LogP contribution in [0.4, 0.5) is 0 Å². The maximum atomic E-state index is 13.3. The second-order valence-corrected chi connectivity index (χ2v) is 7.83. The van der Waals surface area contributed by atoms with Crippen LogP contribution < -0.4 is 11.2 Å². The van der Waals surface area contributed by atoms with Gasteiger partial charge in [-0.2, -0.15) is 4.98 Å². The first-order chi connectivity index (χ1) is 13.6. The van der Waals surface area contributed by atoms with Crippen molar-refractivity contribution in [3.05, 3.63) is 73.7 Å². The van der Waals surface area contributed by atoms with Crippen LogP contribution in [0.2, 0.25) is 0 Å². The van der Waals surface area contributed by atoms with Crippen molar-refractivity contribution in [2.45, 2.75) is 41.2 Å². The van der Waals surface area contributed by atoms with Gasteiger partial charge in [0.2, 0.25) is 5.78 Å². The third kappa shape index (κ3) is 2.53. The van der Waals surface area contributed by atoms with Gasteiger partial charge in [0, 0.05) is 18.4 Å². The van der Waals surface area contributed by atoms with E-state index in [1.165, 1.54) is 14.7 Å². The lowest BCUT2D eigenvalue weighted by atomic mass is 10.1. The molecule has 7 heteroatoms. The maximum absolute atomic E-state index is 13.3. The van der Waals surface area contributed by atoms with Crippen LogP contribution >= 0.6 is 0 Å². The summed E-state index contributed by atoms with van der Waals surface area (Å²) < 4.78 is 6.59. The second-order valence-electron chi connectivity index (χ2n) is 7.83. The Kier molecular flexibility index (Phi) is 4.15. The van der Waals surface area contributed by atoms with E-state index in [-0.39, 0.29) is 17.8 Å². The summed E-state index contributed by atoms with van der Waals surface area (Å²) in [4.78, 5) is 30.8. The highest BCUT2D eigenvalue weighted by atomic mass is 16.2. The predicted molar refractivity (Wildman–Crippen MR) is 115 cm³/mol. The summed E-state index contributed by atoms with van der Waals surface area (Å²) in [5.74, 6) is 0.629. The van der Waals surface area contributed by atoms with Crippen molar-refractivity contribution < 1.29 is 0 Å². The van der Waals surface area contributed by atoms with Crippen LogP contribution in [0.15, 0.2) is 39.9 Å². The fourth-order valence-electron chi connectivity index (χ4n) is 3.93. The van der Waals surface area contributed by atoms with E-state index >= 15 is 0 Å². The molecule has 0 amide bonds. The van der Waals surface area contributed by atoms with E-state index in [0.29, 0.717) is 16.9 Å². The molecule has 4 aromatic rings. The molecule has 0 unspecified atom stereocenters. The average Bonchev–Trinajstić information content (AvgIpc) is 3.16. The number of imidazole rings is 2. The SMILES string of the molecule is C=C(C)Cn1c(=O)c2c(nc3n(-c4cccc(C)c4C)c(C)c(C)n23)n(C)c1=O. The van der Waals surface area contributed by atoms with Gasteiger partial charge in [-0.25, -0.2) is 4.79 Å². The van der Waals surface area contributed by atoms with E-state index in [1.54, 1.807) is 14.0 Å². The monoisotopic (exact) mass is 391 g/mol. The first-order valence-corrected chi connectivity index (χ1v) is 9.56. The van der Waals surface area contributed by atoms with Gasteiger partial charge in [-0.05, 0) is 51.8 Å².